The third kappa shape index (κ3) is 2.56. The van der Waals surface area contributed by atoms with Crippen molar-refractivity contribution >= 4 is 34.0 Å². The van der Waals surface area contributed by atoms with Crippen LogP contribution in [0.4, 0.5) is 8.78 Å². The fourth-order valence-electron chi connectivity index (χ4n) is 2.33. The molecule has 21 heavy (non-hydrogen) atoms. The molecular formula is C15H13ClF2N2S. The second-order valence-corrected chi connectivity index (χ2v) is 6.22. The monoisotopic (exact) mass is 326 g/mol. The van der Waals surface area contributed by atoms with Crippen LogP contribution in [0, 0.1) is 11.6 Å². The number of rotatable bonds is 4. The molecule has 0 N–H and O–H groups in total. The van der Waals surface area contributed by atoms with E-state index in [0.717, 1.165) is 17.4 Å². The Morgan fingerprint density at radius 2 is 1.95 bits per heavy atom. The maximum absolute atomic E-state index is 14.1. The lowest BCUT2D eigenvalue weighted by molar-refractivity contribution is 0.512. The highest BCUT2D eigenvalue weighted by Gasteiger charge is 2.17. The van der Waals surface area contributed by atoms with Gasteiger partial charge in [-0.1, -0.05) is 6.92 Å². The molecule has 0 bridgehead atoms. The van der Waals surface area contributed by atoms with E-state index in [1.54, 1.807) is 15.9 Å². The van der Waals surface area contributed by atoms with Crippen LogP contribution >= 0.6 is 22.9 Å². The van der Waals surface area contributed by atoms with Gasteiger partial charge >= 0.3 is 0 Å². The standard InChI is InChI=1S/C15H13ClF2N2S/c1-2-9-3-4-10(21-9)8-20-13(7-16)19-12-6-5-11(17)14(18)15(12)20/h3-6H,2,7-8H2,1H3. The average molecular weight is 327 g/mol. The number of halogens is 3. The van der Waals surface area contributed by atoms with Crippen LogP contribution in [0.3, 0.4) is 0 Å². The Balaban J connectivity index is 2.13. The summed E-state index contributed by atoms with van der Waals surface area (Å²) in [7, 11) is 0. The van der Waals surface area contributed by atoms with Crippen molar-refractivity contribution < 1.29 is 8.78 Å². The minimum absolute atomic E-state index is 0.155. The number of hydrogen-bond donors (Lipinski definition) is 0. The van der Waals surface area contributed by atoms with Crippen LogP contribution < -0.4 is 0 Å². The van der Waals surface area contributed by atoms with Gasteiger partial charge in [-0.05, 0) is 30.7 Å². The number of aromatic nitrogens is 2. The molecule has 0 spiro atoms. The zero-order chi connectivity index (χ0) is 15.0. The molecule has 0 atom stereocenters. The molecule has 0 aliphatic carbocycles. The number of aryl methyl sites for hydroxylation is 1. The third-order valence-corrected chi connectivity index (χ3v) is 4.83. The summed E-state index contributed by atoms with van der Waals surface area (Å²) >= 11 is 7.56. The molecule has 0 saturated heterocycles. The molecule has 0 unspecified atom stereocenters. The molecule has 0 aliphatic heterocycles. The number of fused-ring (bicyclic) bond motifs is 1. The summed E-state index contributed by atoms with van der Waals surface area (Å²) in [5.41, 5.74) is 0.605. The summed E-state index contributed by atoms with van der Waals surface area (Å²) in [4.78, 5) is 6.61. The molecule has 0 amide bonds. The van der Waals surface area contributed by atoms with Crippen LogP contribution in [-0.2, 0) is 18.8 Å². The summed E-state index contributed by atoms with van der Waals surface area (Å²) in [6.45, 7) is 2.53. The van der Waals surface area contributed by atoms with Crippen LogP contribution in [0.15, 0.2) is 24.3 Å². The number of nitrogens with zero attached hydrogens (tertiary/aromatic N) is 2. The van der Waals surface area contributed by atoms with E-state index in [1.165, 1.54) is 10.9 Å². The minimum Gasteiger partial charge on any atom is -0.319 e. The van der Waals surface area contributed by atoms with Crippen LogP contribution in [0.1, 0.15) is 22.5 Å². The third-order valence-electron chi connectivity index (χ3n) is 3.38. The lowest BCUT2D eigenvalue weighted by atomic mass is 10.3. The number of alkyl halides is 1. The van der Waals surface area contributed by atoms with Crippen molar-refractivity contribution in [2.75, 3.05) is 0 Å². The van der Waals surface area contributed by atoms with E-state index in [9.17, 15) is 8.78 Å². The molecule has 0 radical (unpaired) electrons. The highest BCUT2D eigenvalue weighted by Crippen LogP contribution is 2.26. The Hall–Kier alpha value is -1.46. The van der Waals surface area contributed by atoms with Crippen molar-refractivity contribution in [2.24, 2.45) is 0 Å². The normalized spacial score (nSPS) is 11.4. The Bertz CT molecular complexity index is 794. The Morgan fingerprint density at radius 1 is 1.19 bits per heavy atom. The van der Waals surface area contributed by atoms with Gasteiger partial charge < -0.3 is 4.57 Å². The molecule has 3 aromatic rings. The highest BCUT2D eigenvalue weighted by molar-refractivity contribution is 7.11. The zero-order valence-corrected chi connectivity index (χ0v) is 12.9. The predicted molar refractivity (Wildman–Crippen MR) is 82.0 cm³/mol. The second kappa shape index (κ2) is 5.73. The topological polar surface area (TPSA) is 17.8 Å². The van der Waals surface area contributed by atoms with Gasteiger partial charge in [-0.15, -0.1) is 22.9 Å². The van der Waals surface area contributed by atoms with Gasteiger partial charge in [-0.2, -0.15) is 0 Å². The van der Waals surface area contributed by atoms with E-state index in [4.69, 9.17) is 11.6 Å². The van der Waals surface area contributed by atoms with Gasteiger partial charge in [0, 0.05) is 9.75 Å². The molecule has 1 aromatic carbocycles. The molecule has 2 aromatic heterocycles. The van der Waals surface area contributed by atoms with Crippen molar-refractivity contribution in [3.8, 4) is 0 Å². The van der Waals surface area contributed by atoms with Gasteiger partial charge in [-0.25, -0.2) is 13.8 Å². The first-order valence-corrected chi connectivity index (χ1v) is 7.95. The van der Waals surface area contributed by atoms with Crippen molar-refractivity contribution in [1.82, 2.24) is 9.55 Å². The average Bonchev–Trinajstić information content (AvgIpc) is 3.08. The molecule has 3 rings (SSSR count). The largest absolute Gasteiger partial charge is 0.319 e. The molecule has 110 valence electrons. The smallest absolute Gasteiger partial charge is 0.184 e. The second-order valence-electron chi connectivity index (χ2n) is 4.70. The highest BCUT2D eigenvalue weighted by atomic mass is 35.5. The van der Waals surface area contributed by atoms with E-state index in [0.29, 0.717) is 17.9 Å². The van der Waals surface area contributed by atoms with Gasteiger partial charge in [0.15, 0.2) is 11.6 Å². The molecule has 2 heterocycles. The Morgan fingerprint density at radius 3 is 2.62 bits per heavy atom. The van der Waals surface area contributed by atoms with Crippen LogP contribution in [-0.4, -0.2) is 9.55 Å². The van der Waals surface area contributed by atoms with Crippen molar-refractivity contribution in [3.05, 3.63) is 51.5 Å². The summed E-state index contributed by atoms with van der Waals surface area (Å²) in [5.74, 6) is -1.04. The Kier molecular flexibility index (Phi) is 3.95. The first-order valence-electron chi connectivity index (χ1n) is 6.60. The number of hydrogen-bond acceptors (Lipinski definition) is 2. The van der Waals surface area contributed by atoms with E-state index in [1.807, 2.05) is 6.07 Å². The maximum atomic E-state index is 14.1. The quantitative estimate of drug-likeness (QED) is 0.634. The van der Waals surface area contributed by atoms with E-state index in [-0.39, 0.29) is 11.4 Å². The van der Waals surface area contributed by atoms with Crippen molar-refractivity contribution in [1.29, 1.82) is 0 Å². The van der Waals surface area contributed by atoms with Gasteiger partial charge in [0.05, 0.1) is 17.9 Å². The summed E-state index contributed by atoms with van der Waals surface area (Å²) in [6.07, 6.45) is 0.959. The van der Waals surface area contributed by atoms with Gasteiger partial charge in [-0.3, -0.25) is 0 Å². The van der Waals surface area contributed by atoms with Crippen molar-refractivity contribution in [3.63, 3.8) is 0 Å². The van der Waals surface area contributed by atoms with Gasteiger partial charge in [0.2, 0.25) is 0 Å². The van der Waals surface area contributed by atoms with Crippen LogP contribution in [0.25, 0.3) is 11.0 Å². The first-order chi connectivity index (χ1) is 10.1. The van der Waals surface area contributed by atoms with Crippen LogP contribution in [0.5, 0.6) is 0 Å². The fourth-order valence-corrected chi connectivity index (χ4v) is 3.48. The minimum atomic E-state index is -0.872. The summed E-state index contributed by atoms with van der Waals surface area (Å²) in [6, 6.07) is 6.63. The van der Waals surface area contributed by atoms with E-state index >= 15 is 0 Å². The van der Waals surface area contributed by atoms with E-state index in [2.05, 4.69) is 18.0 Å². The molecule has 0 fully saturated rings. The van der Waals surface area contributed by atoms with Gasteiger partial charge in [0.25, 0.3) is 0 Å². The lowest BCUT2D eigenvalue weighted by Gasteiger charge is -2.07. The number of imidazole rings is 1. The fraction of sp³-hybridized carbons (Fsp3) is 0.267. The first kappa shape index (κ1) is 14.5. The van der Waals surface area contributed by atoms with Crippen LogP contribution in [0.2, 0.25) is 0 Å². The molecule has 0 saturated carbocycles. The number of thiophene rings is 1. The SMILES string of the molecule is CCc1ccc(Cn2c(CCl)nc3ccc(F)c(F)c32)s1. The molecule has 0 aliphatic rings. The Labute approximate surface area is 130 Å². The molecule has 2 nitrogen and oxygen atoms in total. The molecular weight excluding hydrogens is 314 g/mol. The zero-order valence-electron chi connectivity index (χ0n) is 11.4. The lowest BCUT2D eigenvalue weighted by Crippen LogP contribution is -2.04. The maximum Gasteiger partial charge on any atom is 0.184 e. The summed E-state index contributed by atoms with van der Waals surface area (Å²) < 4.78 is 29.3. The number of benzene rings is 1. The van der Waals surface area contributed by atoms with E-state index < -0.39 is 11.6 Å². The molecule has 6 heteroatoms. The summed E-state index contributed by atoms with van der Waals surface area (Å²) in [5, 5.41) is 0. The van der Waals surface area contributed by atoms with Gasteiger partial charge in [0.1, 0.15) is 11.3 Å². The predicted octanol–water partition coefficient (Wildman–Crippen LogP) is 4.73. The van der Waals surface area contributed by atoms with Crippen molar-refractivity contribution in [2.45, 2.75) is 25.8 Å².